The van der Waals surface area contributed by atoms with Crippen molar-refractivity contribution >= 4 is 5.91 Å². The molecule has 4 nitrogen and oxygen atoms in total. The maximum Gasteiger partial charge on any atom is 0.231 e. The molecule has 0 spiro atoms. The number of likely N-dealkylation sites (tertiary alicyclic amines) is 1. The lowest BCUT2D eigenvalue weighted by Gasteiger charge is -2.39. The summed E-state index contributed by atoms with van der Waals surface area (Å²) in [5.41, 5.74) is 0.990. The fraction of sp³-hybridized carbons (Fsp3) is 0.562. The fourth-order valence-corrected chi connectivity index (χ4v) is 3.23. The lowest BCUT2D eigenvalue weighted by Crippen LogP contribution is -2.48. The van der Waals surface area contributed by atoms with Crippen LogP contribution in [0, 0.1) is 0 Å². The van der Waals surface area contributed by atoms with Crippen LogP contribution >= 0.6 is 0 Å². The third-order valence-corrected chi connectivity index (χ3v) is 4.27. The summed E-state index contributed by atoms with van der Waals surface area (Å²) >= 11 is 0. The van der Waals surface area contributed by atoms with Crippen molar-refractivity contribution in [3.63, 3.8) is 0 Å². The third kappa shape index (κ3) is 2.47. The number of carbonyl (C=O) groups excluding carboxylic acids is 1. The third-order valence-electron chi connectivity index (χ3n) is 4.27. The van der Waals surface area contributed by atoms with Crippen molar-refractivity contribution in [2.75, 3.05) is 6.79 Å². The number of hydrogen-bond donors (Lipinski definition) is 0. The molecule has 2 heterocycles. The molecule has 0 saturated carbocycles. The smallest absolute Gasteiger partial charge is 0.231 e. The minimum Gasteiger partial charge on any atom is -0.454 e. The van der Waals surface area contributed by atoms with Gasteiger partial charge in [0.2, 0.25) is 12.7 Å². The van der Waals surface area contributed by atoms with Crippen LogP contribution in [0.2, 0.25) is 0 Å². The van der Waals surface area contributed by atoms with Gasteiger partial charge in [-0.05, 0) is 50.8 Å². The number of amides is 1. The molecule has 2 aliphatic heterocycles. The summed E-state index contributed by atoms with van der Waals surface area (Å²) in [5.74, 6) is 1.72. The summed E-state index contributed by atoms with van der Waals surface area (Å²) in [4.78, 5) is 14.6. The van der Waals surface area contributed by atoms with E-state index in [0.29, 0.717) is 18.5 Å². The molecule has 0 N–H and O–H groups in total. The van der Waals surface area contributed by atoms with Crippen molar-refractivity contribution in [2.24, 2.45) is 0 Å². The van der Waals surface area contributed by atoms with Crippen molar-refractivity contribution in [2.45, 2.75) is 51.6 Å². The number of piperidine rings is 1. The highest BCUT2D eigenvalue weighted by atomic mass is 16.7. The van der Waals surface area contributed by atoms with E-state index in [4.69, 9.17) is 9.47 Å². The van der Waals surface area contributed by atoms with E-state index in [1.807, 2.05) is 23.1 Å². The Morgan fingerprint density at radius 1 is 1.20 bits per heavy atom. The number of fused-ring (bicyclic) bond motifs is 1. The van der Waals surface area contributed by atoms with Crippen molar-refractivity contribution in [3.8, 4) is 11.5 Å². The van der Waals surface area contributed by atoms with E-state index in [1.54, 1.807) is 0 Å². The van der Waals surface area contributed by atoms with E-state index in [-0.39, 0.29) is 12.7 Å². The quantitative estimate of drug-likeness (QED) is 0.833. The van der Waals surface area contributed by atoms with Crippen LogP contribution in [0.3, 0.4) is 0 Å². The first-order valence-electron chi connectivity index (χ1n) is 7.35. The van der Waals surface area contributed by atoms with Gasteiger partial charge in [-0.1, -0.05) is 6.07 Å². The van der Waals surface area contributed by atoms with Gasteiger partial charge < -0.3 is 14.4 Å². The summed E-state index contributed by atoms with van der Waals surface area (Å²) in [6, 6.07) is 6.44. The Balaban J connectivity index is 1.72. The van der Waals surface area contributed by atoms with Crippen LogP contribution in [0.4, 0.5) is 0 Å². The fourth-order valence-electron chi connectivity index (χ4n) is 3.23. The zero-order valence-corrected chi connectivity index (χ0v) is 12.1. The molecule has 1 amide bonds. The van der Waals surface area contributed by atoms with E-state index in [1.165, 1.54) is 6.42 Å². The lowest BCUT2D eigenvalue weighted by molar-refractivity contribution is -0.136. The van der Waals surface area contributed by atoms with Gasteiger partial charge in [0.15, 0.2) is 11.5 Å². The van der Waals surface area contributed by atoms with Gasteiger partial charge in [-0.25, -0.2) is 0 Å². The summed E-state index contributed by atoms with van der Waals surface area (Å²) in [6.07, 6.45) is 3.87. The molecular weight excluding hydrogens is 254 g/mol. The molecule has 3 rings (SSSR count). The number of carbonyl (C=O) groups is 1. The van der Waals surface area contributed by atoms with Crippen molar-refractivity contribution in [1.29, 1.82) is 0 Å². The van der Waals surface area contributed by atoms with Crippen LogP contribution in [0.25, 0.3) is 0 Å². The first-order chi connectivity index (χ1) is 9.65. The van der Waals surface area contributed by atoms with E-state index in [2.05, 4.69) is 13.8 Å². The van der Waals surface area contributed by atoms with E-state index >= 15 is 0 Å². The molecule has 20 heavy (non-hydrogen) atoms. The molecule has 2 unspecified atom stereocenters. The monoisotopic (exact) mass is 275 g/mol. The molecule has 4 heteroatoms. The van der Waals surface area contributed by atoms with Gasteiger partial charge in [0.05, 0.1) is 6.42 Å². The van der Waals surface area contributed by atoms with Gasteiger partial charge in [-0.15, -0.1) is 0 Å². The molecule has 1 aromatic rings. The van der Waals surface area contributed by atoms with Gasteiger partial charge >= 0.3 is 0 Å². The number of ether oxygens (including phenoxy) is 2. The number of nitrogens with zero attached hydrogens (tertiary/aromatic N) is 1. The Hall–Kier alpha value is -1.71. The number of benzene rings is 1. The molecule has 2 atom stereocenters. The van der Waals surface area contributed by atoms with Crippen LogP contribution in [-0.2, 0) is 11.2 Å². The van der Waals surface area contributed by atoms with Crippen molar-refractivity contribution in [1.82, 2.24) is 4.90 Å². The van der Waals surface area contributed by atoms with Crippen LogP contribution in [0.1, 0.15) is 38.7 Å². The number of hydrogen-bond acceptors (Lipinski definition) is 3. The highest BCUT2D eigenvalue weighted by Crippen LogP contribution is 2.33. The second-order valence-electron chi connectivity index (χ2n) is 5.79. The number of rotatable bonds is 2. The predicted octanol–water partition coefficient (Wildman–Crippen LogP) is 2.75. The average molecular weight is 275 g/mol. The summed E-state index contributed by atoms with van der Waals surface area (Å²) in [5, 5.41) is 0. The molecule has 0 aliphatic carbocycles. The zero-order valence-electron chi connectivity index (χ0n) is 12.1. The Morgan fingerprint density at radius 2 is 1.90 bits per heavy atom. The van der Waals surface area contributed by atoms with Gasteiger partial charge in [0.25, 0.3) is 0 Å². The minimum absolute atomic E-state index is 0.212. The van der Waals surface area contributed by atoms with Gasteiger partial charge in [-0.3, -0.25) is 4.79 Å². The second kappa shape index (κ2) is 5.35. The average Bonchev–Trinajstić information content (AvgIpc) is 2.85. The summed E-state index contributed by atoms with van der Waals surface area (Å²) < 4.78 is 10.7. The van der Waals surface area contributed by atoms with Crippen molar-refractivity contribution < 1.29 is 14.3 Å². The summed E-state index contributed by atoms with van der Waals surface area (Å²) in [6.45, 7) is 4.56. The largest absolute Gasteiger partial charge is 0.454 e. The van der Waals surface area contributed by atoms with Gasteiger partial charge in [0.1, 0.15) is 0 Å². The standard InChI is InChI=1S/C16H21NO3/c1-11-4-3-5-12(2)17(11)16(18)9-13-6-7-14-15(8-13)20-10-19-14/h6-8,11-12H,3-5,9-10H2,1-2H3. The Bertz CT molecular complexity index is 504. The van der Waals surface area contributed by atoms with Crippen LogP contribution in [-0.4, -0.2) is 29.7 Å². The molecule has 0 aromatic heterocycles. The molecule has 1 saturated heterocycles. The summed E-state index contributed by atoms with van der Waals surface area (Å²) in [7, 11) is 0. The first kappa shape index (κ1) is 13.3. The maximum absolute atomic E-state index is 12.5. The van der Waals surface area contributed by atoms with Crippen molar-refractivity contribution in [3.05, 3.63) is 23.8 Å². The molecule has 108 valence electrons. The molecule has 1 aromatic carbocycles. The maximum atomic E-state index is 12.5. The highest BCUT2D eigenvalue weighted by molar-refractivity contribution is 5.79. The molecular formula is C16H21NO3. The second-order valence-corrected chi connectivity index (χ2v) is 5.79. The topological polar surface area (TPSA) is 38.8 Å². The predicted molar refractivity (Wildman–Crippen MR) is 75.9 cm³/mol. The first-order valence-corrected chi connectivity index (χ1v) is 7.35. The minimum atomic E-state index is 0.212. The highest BCUT2D eigenvalue weighted by Gasteiger charge is 2.28. The molecule has 2 aliphatic rings. The lowest BCUT2D eigenvalue weighted by atomic mass is 9.96. The van der Waals surface area contributed by atoms with E-state index < -0.39 is 0 Å². The Kier molecular flexibility index (Phi) is 3.55. The van der Waals surface area contributed by atoms with Gasteiger partial charge in [-0.2, -0.15) is 0 Å². The Labute approximate surface area is 119 Å². The van der Waals surface area contributed by atoms with Crippen LogP contribution in [0.15, 0.2) is 18.2 Å². The molecule has 0 radical (unpaired) electrons. The normalized spacial score (nSPS) is 24.8. The molecule has 1 fully saturated rings. The Morgan fingerprint density at radius 3 is 2.65 bits per heavy atom. The van der Waals surface area contributed by atoms with Gasteiger partial charge in [0, 0.05) is 12.1 Å². The SMILES string of the molecule is CC1CCCC(C)N1C(=O)Cc1ccc2c(c1)OCO2. The molecule has 0 bridgehead atoms. The van der Waals surface area contributed by atoms with Crippen LogP contribution < -0.4 is 9.47 Å². The van der Waals surface area contributed by atoms with Crippen LogP contribution in [0.5, 0.6) is 11.5 Å². The zero-order chi connectivity index (χ0) is 14.1. The van der Waals surface area contributed by atoms with E-state index in [0.717, 1.165) is 29.9 Å². The van der Waals surface area contributed by atoms with E-state index in [9.17, 15) is 4.79 Å².